The van der Waals surface area contributed by atoms with Crippen molar-refractivity contribution in [2.24, 2.45) is 0 Å². The van der Waals surface area contributed by atoms with Crippen LogP contribution >= 0.6 is 0 Å². The van der Waals surface area contributed by atoms with Gasteiger partial charge in [0.2, 0.25) is 0 Å². The van der Waals surface area contributed by atoms with Crippen LogP contribution in [0.2, 0.25) is 0 Å². The number of rotatable bonds is 2. The lowest BCUT2D eigenvalue weighted by atomic mass is 9.80. The maximum Gasteiger partial charge on any atom is 0.143 e. The number of hydrogen-bond donors (Lipinski definition) is 0. The third-order valence-corrected chi connectivity index (χ3v) is 12.0. The van der Waals surface area contributed by atoms with Crippen molar-refractivity contribution >= 4 is 76.2 Å². The number of benzene rings is 9. The van der Waals surface area contributed by atoms with E-state index in [1.807, 2.05) is 12.1 Å². The zero-order valence-corrected chi connectivity index (χ0v) is 29.3. The second kappa shape index (κ2) is 10.2. The van der Waals surface area contributed by atoms with Gasteiger partial charge in [-0.2, -0.15) is 0 Å². The van der Waals surface area contributed by atoms with Crippen molar-refractivity contribution in [1.29, 1.82) is 0 Å². The molecule has 0 saturated heterocycles. The van der Waals surface area contributed by atoms with Crippen molar-refractivity contribution in [2.75, 3.05) is 0 Å². The molecule has 0 amide bonds. The predicted molar refractivity (Wildman–Crippen MR) is 222 cm³/mol. The second-order valence-corrected chi connectivity index (χ2v) is 15.2. The van der Waals surface area contributed by atoms with Gasteiger partial charge in [0.25, 0.3) is 0 Å². The highest BCUT2D eigenvalue weighted by Crippen LogP contribution is 2.52. The van der Waals surface area contributed by atoms with Crippen molar-refractivity contribution < 1.29 is 8.83 Å². The third kappa shape index (κ3) is 3.93. The first-order valence-corrected chi connectivity index (χ1v) is 18.4. The first kappa shape index (κ1) is 29.0. The molecule has 0 bridgehead atoms. The fourth-order valence-electron chi connectivity index (χ4n) is 9.40. The Morgan fingerprint density at radius 2 is 0.830 bits per heavy atom. The van der Waals surface area contributed by atoms with Crippen molar-refractivity contribution in [3.05, 3.63) is 169 Å². The van der Waals surface area contributed by atoms with E-state index in [1.165, 1.54) is 66.1 Å². The van der Waals surface area contributed by atoms with E-state index in [9.17, 15) is 0 Å². The smallest absolute Gasteiger partial charge is 0.143 e. The van der Waals surface area contributed by atoms with Gasteiger partial charge < -0.3 is 8.83 Å². The minimum atomic E-state index is -0.162. The molecule has 0 saturated carbocycles. The van der Waals surface area contributed by atoms with Crippen LogP contribution in [-0.4, -0.2) is 0 Å². The fourth-order valence-corrected chi connectivity index (χ4v) is 9.40. The van der Waals surface area contributed by atoms with Crippen molar-refractivity contribution in [3.63, 3.8) is 0 Å². The first-order chi connectivity index (χ1) is 26.0. The molecular weight excluding hydrogens is 645 g/mol. The molecule has 0 fully saturated rings. The third-order valence-electron chi connectivity index (χ3n) is 12.0. The van der Waals surface area contributed by atoms with Gasteiger partial charge in [-0.05, 0) is 127 Å². The molecule has 11 aromatic rings. The van der Waals surface area contributed by atoms with Gasteiger partial charge in [0.1, 0.15) is 22.3 Å². The minimum Gasteiger partial charge on any atom is -0.455 e. The molecule has 1 aliphatic carbocycles. The van der Waals surface area contributed by atoms with E-state index < -0.39 is 0 Å². The van der Waals surface area contributed by atoms with Gasteiger partial charge in [-0.25, -0.2) is 0 Å². The molecule has 1 aliphatic rings. The predicted octanol–water partition coefficient (Wildman–Crippen LogP) is 14.6. The van der Waals surface area contributed by atoms with Crippen LogP contribution in [0.3, 0.4) is 0 Å². The van der Waals surface area contributed by atoms with E-state index in [1.54, 1.807) is 0 Å². The summed E-state index contributed by atoms with van der Waals surface area (Å²) in [5, 5.41) is 11.8. The highest BCUT2D eigenvalue weighted by Gasteiger charge is 2.36. The number of para-hydroxylation sites is 1. The monoisotopic (exact) mass is 676 g/mol. The molecule has 0 N–H and O–H groups in total. The van der Waals surface area contributed by atoms with Crippen LogP contribution in [0, 0.1) is 0 Å². The maximum absolute atomic E-state index is 6.59. The Morgan fingerprint density at radius 3 is 1.49 bits per heavy atom. The lowest BCUT2D eigenvalue weighted by Gasteiger charge is -2.23. The normalized spacial score (nSPS) is 13.6. The zero-order valence-electron chi connectivity index (χ0n) is 29.3. The summed E-state index contributed by atoms with van der Waals surface area (Å²) in [6, 6.07) is 57.6. The van der Waals surface area contributed by atoms with Gasteiger partial charge in [-0.3, -0.25) is 0 Å². The Balaban J connectivity index is 0.972. The molecule has 12 rings (SSSR count). The van der Waals surface area contributed by atoms with Crippen LogP contribution < -0.4 is 0 Å². The van der Waals surface area contributed by atoms with Gasteiger partial charge in [0.05, 0.1) is 0 Å². The number of fused-ring (bicyclic) bond motifs is 14. The molecular formula is C51H32O2. The summed E-state index contributed by atoms with van der Waals surface area (Å²) in [4.78, 5) is 0. The standard InChI is InChI=1S/C51H32O2/c1-51(2)44-27-30(15-18-36(44)37-19-16-33(28-45(37)51)48-34-11-5-3-9-31(34)25-32-10-4-6-12-35(32)48)29-17-24-47-43(26-29)42-23-22-40-41(50(42)53-47)21-20-39-38-13-7-8-14-46(38)52-49(39)40/h3-28H,1-2H3. The van der Waals surface area contributed by atoms with Gasteiger partial charge in [0.15, 0.2) is 0 Å². The van der Waals surface area contributed by atoms with Crippen molar-refractivity contribution in [3.8, 4) is 33.4 Å². The summed E-state index contributed by atoms with van der Waals surface area (Å²) in [6.07, 6.45) is 0. The van der Waals surface area contributed by atoms with Crippen LogP contribution in [0.5, 0.6) is 0 Å². The lowest BCUT2D eigenvalue weighted by Crippen LogP contribution is -2.15. The number of hydrogen-bond acceptors (Lipinski definition) is 2. The maximum atomic E-state index is 6.59. The summed E-state index contributed by atoms with van der Waals surface area (Å²) in [7, 11) is 0. The number of furan rings is 2. The highest BCUT2D eigenvalue weighted by molar-refractivity contribution is 6.23. The van der Waals surface area contributed by atoms with Crippen molar-refractivity contribution in [1.82, 2.24) is 0 Å². The Labute approximate surface area is 305 Å². The van der Waals surface area contributed by atoms with Crippen LogP contribution in [0.4, 0.5) is 0 Å². The fraction of sp³-hybridized carbons (Fsp3) is 0.0588. The Hall–Kier alpha value is -6.64. The quantitative estimate of drug-likeness (QED) is 0.170. The van der Waals surface area contributed by atoms with Crippen LogP contribution in [-0.2, 0) is 5.41 Å². The Kier molecular flexibility index (Phi) is 5.60. The molecule has 0 aliphatic heterocycles. The molecule has 2 nitrogen and oxygen atoms in total. The van der Waals surface area contributed by atoms with Gasteiger partial charge >= 0.3 is 0 Å². The van der Waals surface area contributed by atoms with Gasteiger partial charge in [0, 0.05) is 37.7 Å². The van der Waals surface area contributed by atoms with E-state index in [0.717, 1.165) is 54.6 Å². The topological polar surface area (TPSA) is 26.3 Å². The summed E-state index contributed by atoms with van der Waals surface area (Å²) in [6.45, 7) is 4.76. The molecule has 248 valence electrons. The Bertz CT molecular complexity index is 3320. The minimum absolute atomic E-state index is 0.162. The summed E-state index contributed by atoms with van der Waals surface area (Å²) >= 11 is 0. The van der Waals surface area contributed by atoms with Crippen LogP contribution in [0.1, 0.15) is 25.0 Å². The van der Waals surface area contributed by atoms with E-state index in [0.29, 0.717) is 0 Å². The van der Waals surface area contributed by atoms with E-state index in [4.69, 9.17) is 8.83 Å². The van der Waals surface area contributed by atoms with Gasteiger partial charge in [-0.15, -0.1) is 0 Å². The summed E-state index contributed by atoms with van der Waals surface area (Å²) in [5.74, 6) is 0. The van der Waals surface area contributed by atoms with Crippen LogP contribution in [0.15, 0.2) is 167 Å². The summed E-state index contributed by atoms with van der Waals surface area (Å²) < 4.78 is 13.0. The second-order valence-electron chi connectivity index (χ2n) is 15.2. The average Bonchev–Trinajstić information content (AvgIpc) is 3.84. The van der Waals surface area contributed by atoms with E-state index in [-0.39, 0.29) is 5.41 Å². The molecule has 0 radical (unpaired) electrons. The Morgan fingerprint density at radius 1 is 0.358 bits per heavy atom. The lowest BCUT2D eigenvalue weighted by molar-refractivity contribution is 0.661. The largest absolute Gasteiger partial charge is 0.455 e. The van der Waals surface area contributed by atoms with Gasteiger partial charge in [-0.1, -0.05) is 111 Å². The highest BCUT2D eigenvalue weighted by atomic mass is 16.3. The molecule has 0 atom stereocenters. The molecule has 2 heteroatoms. The zero-order chi connectivity index (χ0) is 35.0. The molecule has 0 spiro atoms. The molecule has 2 aromatic heterocycles. The molecule has 0 unspecified atom stereocenters. The summed E-state index contributed by atoms with van der Waals surface area (Å²) in [5.41, 5.74) is 13.8. The molecule has 9 aromatic carbocycles. The SMILES string of the molecule is CC1(C)c2cc(-c3ccc4oc5c(ccc6c5ccc5c7ccccc7oc56)c4c3)ccc2-c2ccc(-c3c4ccccc4cc4ccccc34)cc21. The molecule has 2 heterocycles. The molecule has 53 heavy (non-hydrogen) atoms. The van der Waals surface area contributed by atoms with E-state index in [2.05, 4.69) is 159 Å². The first-order valence-electron chi connectivity index (χ1n) is 18.4. The van der Waals surface area contributed by atoms with Crippen molar-refractivity contribution in [2.45, 2.75) is 19.3 Å². The average molecular weight is 677 g/mol. The van der Waals surface area contributed by atoms with E-state index >= 15 is 0 Å². The van der Waals surface area contributed by atoms with Crippen LogP contribution in [0.25, 0.3) is 110 Å².